The van der Waals surface area contributed by atoms with E-state index in [2.05, 4.69) is 0 Å². The van der Waals surface area contributed by atoms with E-state index in [1.54, 1.807) is 11.8 Å². The van der Waals surface area contributed by atoms with Gasteiger partial charge in [-0.2, -0.15) is 4.31 Å². The summed E-state index contributed by atoms with van der Waals surface area (Å²) >= 11 is 1.76. The second-order valence-corrected chi connectivity index (χ2v) is 8.29. The smallest absolute Gasteiger partial charge is 0.245 e. The van der Waals surface area contributed by atoms with Crippen molar-refractivity contribution in [2.45, 2.75) is 22.7 Å². The minimum atomic E-state index is -3.75. The molecule has 7 heteroatoms. The van der Waals surface area contributed by atoms with Gasteiger partial charge in [0.15, 0.2) is 0 Å². The van der Waals surface area contributed by atoms with Crippen LogP contribution in [-0.2, 0) is 14.8 Å². The summed E-state index contributed by atoms with van der Waals surface area (Å²) in [5, 5.41) is 0. The fraction of sp³-hybridized carbons (Fsp3) is 0.538. The van der Waals surface area contributed by atoms with E-state index in [0.717, 1.165) is 12.4 Å². The van der Waals surface area contributed by atoms with Gasteiger partial charge in [0, 0.05) is 18.8 Å². The number of benzene rings is 1. The first-order valence-corrected chi connectivity index (χ1v) is 8.99. The molecule has 2 saturated heterocycles. The van der Waals surface area contributed by atoms with Crippen molar-refractivity contribution in [1.29, 1.82) is 0 Å². The predicted octanol–water partition coefficient (Wildman–Crippen LogP) is 2.07. The average Bonchev–Trinajstić information content (AvgIpc) is 2.88. The normalized spacial score (nSPS) is 23.2. The number of ether oxygens (including phenoxy) is 1. The first-order valence-electron chi connectivity index (χ1n) is 6.56. The molecule has 0 radical (unpaired) electrons. The lowest BCUT2D eigenvalue weighted by atomic mass is 10.1. The number of nitrogens with zero attached hydrogens (tertiary/aromatic N) is 1. The molecule has 0 atom stereocenters. The molecule has 0 bridgehead atoms. The van der Waals surface area contributed by atoms with E-state index in [-0.39, 0.29) is 9.83 Å². The van der Waals surface area contributed by atoms with Gasteiger partial charge in [-0.3, -0.25) is 0 Å². The summed E-state index contributed by atoms with van der Waals surface area (Å²) in [6.07, 6.45) is 1.32. The van der Waals surface area contributed by atoms with Crippen LogP contribution in [0.5, 0.6) is 0 Å². The highest BCUT2D eigenvalue weighted by Gasteiger charge is 2.42. The van der Waals surface area contributed by atoms with Crippen LogP contribution in [0.3, 0.4) is 0 Å². The molecule has 2 aliphatic heterocycles. The zero-order valence-electron chi connectivity index (χ0n) is 10.9. The maximum atomic E-state index is 13.7. The summed E-state index contributed by atoms with van der Waals surface area (Å²) in [7, 11) is -3.75. The standard InChI is InChI=1S/C13H16FNO3S2/c14-11-3-1-2-4-12(11)20(16,17)15-7-5-13(6-8-15)18-9-10-19-13/h1-4H,5-10H2. The Morgan fingerprint density at radius 3 is 2.55 bits per heavy atom. The summed E-state index contributed by atoms with van der Waals surface area (Å²) in [6.45, 7) is 1.48. The monoisotopic (exact) mass is 317 g/mol. The van der Waals surface area contributed by atoms with E-state index in [0.29, 0.717) is 25.9 Å². The topological polar surface area (TPSA) is 46.6 Å². The summed E-state index contributed by atoms with van der Waals surface area (Å²) in [6, 6.07) is 5.52. The Morgan fingerprint density at radius 1 is 1.25 bits per heavy atom. The second kappa shape index (κ2) is 5.29. The molecule has 0 aromatic heterocycles. The molecule has 2 fully saturated rings. The lowest BCUT2D eigenvalue weighted by Gasteiger charge is -2.37. The van der Waals surface area contributed by atoms with E-state index in [4.69, 9.17) is 4.74 Å². The predicted molar refractivity (Wildman–Crippen MR) is 75.5 cm³/mol. The molecule has 1 aromatic carbocycles. The summed E-state index contributed by atoms with van der Waals surface area (Å²) in [5.74, 6) is 0.263. The first kappa shape index (κ1) is 14.3. The molecule has 0 aliphatic carbocycles. The van der Waals surface area contributed by atoms with E-state index in [9.17, 15) is 12.8 Å². The van der Waals surface area contributed by atoms with Crippen molar-refractivity contribution in [2.24, 2.45) is 0 Å². The third-order valence-corrected chi connectivity index (χ3v) is 7.11. The molecule has 110 valence electrons. The van der Waals surface area contributed by atoms with Crippen molar-refractivity contribution in [2.75, 3.05) is 25.4 Å². The van der Waals surface area contributed by atoms with Gasteiger partial charge in [0.05, 0.1) is 6.61 Å². The van der Waals surface area contributed by atoms with Crippen LogP contribution in [0, 0.1) is 5.82 Å². The molecule has 2 aliphatic rings. The fourth-order valence-electron chi connectivity index (χ4n) is 2.65. The third-order valence-electron chi connectivity index (χ3n) is 3.75. The largest absolute Gasteiger partial charge is 0.363 e. The maximum absolute atomic E-state index is 13.7. The van der Waals surface area contributed by atoms with E-state index in [1.165, 1.54) is 28.6 Å². The molecule has 1 aromatic rings. The van der Waals surface area contributed by atoms with Crippen LogP contribution in [-0.4, -0.2) is 43.1 Å². The molecule has 1 spiro atoms. The van der Waals surface area contributed by atoms with Crippen LogP contribution in [0.1, 0.15) is 12.8 Å². The first-order chi connectivity index (χ1) is 9.54. The van der Waals surface area contributed by atoms with Crippen LogP contribution in [0.2, 0.25) is 0 Å². The fourth-order valence-corrected chi connectivity index (χ4v) is 5.33. The summed E-state index contributed by atoms with van der Waals surface area (Å²) < 4.78 is 45.7. The zero-order valence-corrected chi connectivity index (χ0v) is 12.6. The van der Waals surface area contributed by atoms with Crippen LogP contribution < -0.4 is 0 Å². The van der Waals surface area contributed by atoms with Gasteiger partial charge in [-0.1, -0.05) is 12.1 Å². The average molecular weight is 317 g/mol. The Balaban J connectivity index is 1.79. The molecular weight excluding hydrogens is 301 g/mol. The number of hydrogen-bond acceptors (Lipinski definition) is 4. The second-order valence-electron chi connectivity index (χ2n) is 4.94. The number of hydrogen-bond donors (Lipinski definition) is 0. The maximum Gasteiger partial charge on any atom is 0.245 e. The molecular formula is C13H16FNO3S2. The number of piperidine rings is 1. The highest BCUT2D eigenvalue weighted by molar-refractivity contribution is 8.00. The molecule has 0 saturated carbocycles. The quantitative estimate of drug-likeness (QED) is 0.838. The highest BCUT2D eigenvalue weighted by atomic mass is 32.2. The molecule has 4 nitrogen and oxygen atoms in total. The van der Waals surface area contributed by atoms with Crippen LogP contribution in [0.4, 0.5) is 4.39 Å². The van der Waals surface area contributed by atoms with Crippen molar-refractivity contribution < 1.29 is 17.5 Å². The van der Waals surface area contributed by atoms with Gasteiger partial charge in [-0.05, 0) is 25.0 Å². The number of rotatable bonds is 2. The zero-order chi connectivity index (χ0) is 14.2. The Morgan fingerprint density at radius 2 is 1.95 bits per heavy atom. The Hall–Kier alpha value is -0.630. The van der Waals surface area contributed by atoms with Gasteiger partial charge in [0.25, 0.3) is 0 Å². The highest BCUT2D eigenvalue weighted by Crippen LogP contribution is 2.42. The van der Waals surface area contributed by atoms with E-state index < -0.39 is 15.8 Å². The van der Waals surface area contributed by atoms with Crippen molar-refractivity contribution in [3.8, 4) is 0 Å². The van der Waals surface area contributed by atoms with E-state index >= 15 is 0 Å². The van der Waals surface area contributed by atoms with Crippen LogP contribution in [0.15, 0.2) is 29.2 Å². The van der Waals surface area contributed by atoms with Gasteiger partial charge in [-0.25, -0.2) is 12.8 Å². The number of sulfonamides is 1. The SMILES string of the molecule is O=S(=O)(c1ccccc1F)N1CCC2(CC1)OCCS2. The van der Waals surface area contributed by atoms with Gasteiger partial charge in [-0.15, -0.1) is 11.8 Å². The molecule has 3 rings (SSSR count). The Bertz CT molecular complexity index is 589. The molecule has 0 N–H and O–H groups in total. The molecule has 20 heavy (non-hydrogen) atoms. The van der Waals surface area contributed by atoms with Crippen LogP contribution >= 0.6 is 11.8 Å². The van der Waals surface area contributed by atoms with Crippen molar-refractivity contribution in [3.05, 3.63) is 30.1 Å². The number of halogens is 1. The minimum absolute atomic E-state index is 0.221. The molecule has 2 heterocycles. The third kappa shape index (κ3) is 2.47. The lowest BCUT2D eigenvalue weighted by molar-refractivity contribution is 0.0161. The Kier molecular flexibility index (Phi) is 3.79. The van der Waals surface area contributed by atoms with E-state index in [1.807, 2.05) is 0 Å². The Labute approximate surface area is 122 Å². The van der Waals surface area contributed by atoms with Crippen LogP contribution in [0.25, 0.3) is 0 Å². The van der Waals surface area contributed by atoms with Crippen molar-refractivity contribution >= 4 is 21.8 Å². The van der Waals surface area contributed by atoms with Crippen molar-refractivity contribution in [3.63, 3.8) is 0 Å². The molecule has 0 unspecified atom stereocenters. The van der Waals surface area contributed by atoms with Crippen molar-refractivity contribution in [1.82, 2.24) is 4.31 Å². The molecule has 0 amide bonds. The summed E-state index contributed by atoms with van der Waals surface area (Å²) in [5.41, 5.74) is 0. The van der Waals surface area contributed by atoms with Gasteiger partial charge < -0.3 is 4.74 Å². The van der Waals surface area contributed by atoms with Gasteiger partial charge >= 0.3 is 0 Å². The van der Waals surface area contributed by atoms with Gasteiger partial charge in [0.1, 0.15) is 15.6 Å². The number of thioether (sulfide) groups is 1. The van der Waals surface area contributed by atoms with Gasteiger partial charge in [0.2, 0.25) is 10.0 Å². The summed E-state index contributed by atoms with van der Waals surface area (Å²) in [4.78, 5) is -0.461. The lowest BCUT2D eigenvalue weighted by Crippen LogP contribution is -2.45. The minimum Gasteiger partial charge on any atom is -0.363 e.